The summed E-state index contributed by atoms with van der Waals surface area (Å²) < 4.78 is 25.6. The molecular formula is C20H37N5O2S2. The van der Waals surface area contributed by atoms with Crippen molar-refractivity contribution >= 4 is 27.3 Å². The highest BCUT2D eigenvalue weighted by molar-refractivity contribution is 7.89. The summed E-state index contributed by atoms with van der Waals surface area (Å²) in [6.07, 6.45) is 3.21. The van der Waals surface area contributed by atoms with Gasteiger partial charge in [0.15, 0.2) is 5.96 Å². The number of sulfonamides is 1. The molecule has 166 valence electrons. The standard InChI is InChI=1S/C20H37N5O2S2/c1-4-21-20(22-11-7-12-24-29(26,27)5-2)23-16-18(19-8-6-15-28-19)25-13-9-17(3)10-14-25/h6,8,15,17-18,24H,4-5,7,9-14,16H2,1-3H3,(H2,21,22,23). The molecule has 2 heterocycles. The van der Waals surface area contributed by atoms with Crippen molar-refractivity contribution in [2.45, 2.75) is 46.1 Å². The molecule has 0 saturated carbocycles. The quantitative estimate of drug-likeness (QED) is 0.278. The lowest BCUT2D eigenvalue weighted by Crippen LogP contribution is -2.41. The molecule has 1 aliphatic rings. The van der Waals surface area contributed by atoms with E-state index in [-0.39, 0.29) is 5.75 Å². The van der Waals surface area contributed by atoms with Crippen molar-refractivity contribution in [3.05, 3.63) is 22.4 Å². The number of thiophene rings is 1. The molecule has 0 aromatic carbocycles. The minimum atomic E-state index is -3.12. The molecule has 0 amide bonds. The Morgan fingerprint density at radius 3 is 2.66 bits per heavy atom. The van der Waals surface area contributed by atoms with Gasteiger partial charge in [-0.25, -0.2) is 13.1 Å². The molecule has 0 spiro atoms. The van der Waals surface area contributed by atoms with Crippen molar-refractivity contribution in [1.82, 2.24) is 20.3 Å². The fourth-order valence-electron chi connectivity index (χ4n) is 3.35. The molecule has 1 aromatic heterocycles. The summed E-state index contributed by atoms with van der Waals surface area (Å²) in [7, 11) is -3.12. The maximum absolute atomic E-state index is 11.5. The van der Waals surface area contributed by atoms with Crippen LogP contribution in [-0.2, 0) is 10.0 Å². The predicted octanol–water partition coefficient (Wildman–Crippen LogP) is 2.41. The summed E-state index contributed by atoms with van der Waals surface area (Å²) in [4.78, 5) is 8.78. The first kappa shape index (κ1) is 24.1. The van der Waals surface area contributed by atoms with Gasteiger partial charge in [-0.05, 0) is 63.6 Å². The zero-order valence-electron chi connectivity index (χ0n) is 18.0. The number of guanidine groups is 1. The van der Waals surface area contributed by atoms with E-state index in [2.05, 4.69) is 51.6 Å². The third-order valence-electron chi connectivity index (χ3n) is 5.25. The van der Waals surface area contributed by atoms with Crippen molar-refractivity contribution in [3.63, 3.8) is 0 Å². The summed E-state index contributed by atoms with van der Waals surface area (Å²) in [5, 5.41) is 8.76. The Bertz CT molecular complexity index is 698. The van der Waals surface area contributed by atoms with Gasteiger partial charge in [0.2, 0.25) is 10.0 Å². The molecular weight excluding hydrogens is 406 g/mol. The summed E-state index contributed by atoms with van der Waals surface area (Å²) in [6, 6.07) is 4.64. The van der Waals surface area contributed by atoms with Crippen molar-refractivity contribution in [2.24, 2.45) is 10.9 Å². The monoisotopic (exact) mass is 443 g/mol. The van der Waals surface area contributed by atoms with Crippen LogP contribution in [-0.4, -0.2) is 64.3 Å². The van der Waals surface area contributed by atoms with Crippen LogP contribution >= 0.6 is 11.3 Å². The van der Waals surface area contributed by atoms with Crippen LogP contribution in [0.15, 0.2) is 22.5 Å². The van der Waals surface area contributed by atoms with E-state index in [1.165, 1.54) is 17.7 Å². The molecule has 1 aromatic rings. The normalized spacial score (nSPS) is 18.0. The first-order chi connectivity index (χ1) is 13.9. The number of aliphatic imine (C=N–C) groups is 1. The lowest BCUT2D eigenvalue weighted by molar-refractivity contribution is 0.143. The Balaban J connectivity index is 1.91. The first-order valence-electron chi connectivity index (χ1n) is 10.7. The largest absolute Gasteiger partial charge is 0.357 e. The highest BCUT2D eigenvalue weighted by atomic mass is 32.2. The minimum absolute atomic E-state index is 0.115. The van der Waals surface area contributed by atoms with E-state index in [0.717, 1.165) is 31.5 Å². The minimum Gasteiger partial charge on any atom is -0.357 e. The van der Waals surface area contributed by atoms with Crippen LogP contribution in [0.3, 0.4) is 0 Å². The molecule has 1 aliphatic heterocycles. The van der Waals surface area contributed by atoms with Crippen LogP contribution in [0.4, 0.5) is 0 Å². The van der Waals surface area contributed by atoms with E-state index in [0.29, 0.717) is 32.1 Å². The molecule has 0 radical (unpaired) electrons. The third-order valence-corrected chi connectivity index (χ3v) is 7.62. The lowest BCUT2D eigenvalue weighted by atomic mass is 9.97. The van der Waals surface area contributed by atoms with E-state index >= 15 is 0 Å². The SMILES string of the molecule is CCNC(=NCC(c1cccs1)N1CCC(C)CC1)NCCCNS(=O)(=O)CC. The average Bonchev–Trinajstić information content (AvgIpc) is 3.23. The van der Waals surface area contributed by atoms with Gasteiger partial charge in [0, 0.05) is 24.5 Å². The molecule has 2 rings (SSSR count). The second kappa shape index (κ2) is 12.5. The number of rotatable bonds is 11. The van der Waals surface area contributed by atoms with Gasteiger partial charge in [0.1, 0.15) is 0 Å². The number of piperidine rings is 1. The van der Waals surface area contributed by atoms with Crippen molar-refractivity contribution in [1.29, 1.82) is 0 Å². The average molecular weight is 444 g/mol. The molecule has 29 heavy (non-hydrogen) atoms. The maximum atomic E-state index is 11.5. The molecule has 3 N–H and O–H groups in total. The summed E-state index contributed by atoms with van der Waals surface area (Å²) in [5.41, 5.74) is 0. The summed E-state index contributed by atoms with van der Waals surface area (Å²) in [6.45, 7) is 10.9. The Morgan fingerprint density at radius 1 is 1.28 bits per heavy atom. The van der Waals surface area contributed by atoms with Gasteiger partial charge in [0.05, 0.1) is 18.3 Å². The Labute approximate surface area is 180 Å². The molecule has 7 nitrogen and oxygen atoms in total. The first-order valence-corrected chi connectivity index (χ1v) is 13.2. The van der Waals surface area contributed by atoms with Crippen LogP contribution in [0.2, 0.25) is 0 Å². The molecule has 0 bridgehead atoms. The van der Waals surface area contributed by atoms with Crippen LogP contribution in [0.5, 0.6) is 0 Å². The molecule has 1 atom stereocenters. The van der Waals surface area contributed by atoms with E-state index in [9.17, 15) is 8.42 Å². The smallest absolute Gasteiger partial charge is 0.211 e. The molecule has 1 unspecified atom stereocenters. The van der Waals surface area contributed by atoms with Gasteiger partial charge >= 0.3 is 0 Å². The van der Waals surface area contributed by atoms with E-state index < -0.39 is 10.0 Å². The second-order valence-corrected chi connectivity index (χ2v) is 10.6. The van der Waals surface area contributed by atoms with Crippen LogP contribution in [0, 0.1) is 5.92 Å². The number of likely N-dealkylation sites (tertiary alicyclic amines) is 1. The molecule has 9 heteroatoms. The topological polar surface area (TPSA) is 85.8 Å². The predicted molar refractivity (Wildman–Crippen MR) is 123 cm³/mol. The van der Waals surface area contributed by atoms with Gasteiger partial charge in [-0.2, -0.15) is 0 Å². The van der Waals surface area contributed by atoms with Crippen LogP contribution in [0.25, 0.3) is 0 Å². The van der Waals surface area contributed by atoms with Crippen molar-refractivity contribution < 1.29 is 8.42 Å². The zero-order chi connectivity index (χ0) is 21.1. The third kappa shape index (κ3) is 8.62. The number of hydrogen-bond acceptors (Lipinski definition) is 5. The second-order valence-electron chi connectivity index (χ2n) is 7.55. The number of nitrogens with zero attached hydrogens (tertiary/aromatic N) is 2. The van der Waals surface area contributed by atoms with Gasteiger partial charge in [0.25, 0.3) is 0 Å². The van der Waals surface area contributed by atoms with E-state index in [4.69, 9.17) is 4.99 Å². The lowest BCUT2D eigenvalue weighted by Gasteiger charge is -2.35. The van der Waals surface area contributed by atoms with E-state index in [1.807, 2.05) is 0 Å². The molecule has 1 fully saturated rings. The highest BCUT2D eigenvalue weighted by Crippen LogP contribution is 2.29. The maximum Gasteiger partial charge on any atom is 0.211 e. The van der Waals surface area contributed by atoms with Crippen molar-refractivity contribution in [2.75, 3.05) is 45.0 Å². The van der Waals surface area contributed by atoms with E-state index in [1.54, 1.807) is 18.3 Å². The Hall–Kier alpha value is -1.16. The summed E-state index contributed by atoms with van der Waals surface area (Å²) >= 11 is 1.80. The molecule has 0 aliphatic carbocycles. The van der Waals surface area contributed by atoms with Gasteiger partial charge < -0.3 is 10.6 Å². The van der Waals surface area contributed by atoms with Gasteiger partial charge in [-0.3, -0.25) is 9.89 Å². The van der Waals surface area contributed by atoms with Gasteiger partial charge in [-0.15, -0.1) is 11.3 Å². The van der Waals surface area contributed by atoms with Crippen LogP contribution in [0.1, 0.15) is 51.0 Å². The Morgan fingerprint density at radius 2 is 2.03 bits per heavy atom. The number of nitrogens with one attached hydrogen (secondary N) is 3. The zero-order valence-corrected chi connectivity index (χ0v) is 19.6. The van der Waals surface area contributed by atoms with Crippen molar-refractivity contribution in [3.8, 4) is 0 Å². The fourth-order valence-corrected chi connectivity index (χ4v) is 4.86. The summed E-state index contributed by atoms with van der Waals surface area (Å²) in [5.74, 6) is 1.71. The number of hydrogen-bond donors (Lipinski definition) is 3. The van der Waals surface area contributed by atoms with Gasteiger partial charge in [-0.1, -0.05) is 13.0 Å². The molecule has 1 saturated heterocycles. The highest BCUT2D eigenvalue weighted by Gasteiger charge is 2.25. The Kier molecular flexibility index (Phi) is 10.4. The van der Waals surface area contributed by atoms with Crippen LogP contribution < -0.4 is 15.4 Å². The fraction of sp³-hybridized carbons (Fsp3) is 0.750.